The molecule has 0 aliphatic heterocycles. The summed E-state index contributed by atoms with van der Waals surface area (Å²) in [6.07, 6.45) is 0.968. The minimum absolute atomic E-state index is 0.131. The predicted molar refractivity (Wildman–Crippen MR) is 83.3 cm³/mol. The molecule has 0 radical (unpaired) electrons. The summed E-state index contributed by atoms with van der Waals surface area (Å²) in [5.41, 5.74) is 13.9. The molecule has 0 heterocycles. The van der Waals surface area contributed by atoms with Crippen molar-refractivity contribution in [2.24, 2.45) is 5.73 Å². The second-order valence-electron chi connectivity index (χ2n) is 5.39. The molecule has 0 aliphatic carbocycles. The standard InChI is InChI=1S/C18H23N/c1-5-18(19)16-8-6-7-15(11-16)17-10-13(3)12(2)9-14(17)4/h6-11,18H,5,19H2,1-4H3. The molecule has 0 bridgehead atoms. The molecular weight excluding hydrogens is 230 g/mol. The molecule has 0 spiro atoms. The van der Waals surface area contributed by atoms with Gasteiger partial charge in [0.1, 0.15) is 0 Å². The van der Waals surface area contributed by atoms with Gasteiger partial charge in [0.25, 0.3) is 0 Å². The van der Waals surface area contributed by atoms with Crippen LogP contribution in [0.5, 0.6) is 0 Å². The van der Waals surface area contributed by atoms with E-state index in [9.17, 15) is 0 Å². The van der Waals surface area contributed by atoms with Gasteiger partial charge in [-0.05, 0) is 66.6 Å². The van der Waals surface area contributed by atoms with Crippen LogP contribution in [0.4, 0.5) is 0 Å². The Bertz CT molecular complexity index is 584. The van der Waals surface area contributed by atoms with E-state index in [0.717, 1.165) is 6.42 Å². The molecule has 1 atom stereocenters. The number of hydrogen-bond donors (Lipinski definition) is 1. The third-order valence-corrected chi connectivity index (χ3v) is 3.91. The molecule has 1 nitrogen and oxygen atoms in total. The summed E-state index contributed by atoms with van der Waals surface area (Å²) in [6, 6.07) is 13.3. The Balaban J connectivity index is 2.50. The van der Waals surface area contributed by atoms with Crippen LogP contribution in [0.15, 0.2) is 36.4 Å². The predicted octanol–water partition coefficient (Wildman–Crippen LogP) is 4.69. The zero-order valence-electron chi connectivity index (χ0n) is 12.3. The van der Waals surface area contributed by atoms with E-state index in [1.54, 1.807) is 0 Å². The summed E-state index contributed by atoms with van der Waals surface area (Å²) < 4.78 is 0. The minimum atomic E-state index is 0.131. The van der Waals surface area contributed by atoms with Crippen molar-refractivity contribution in [1.29, 1.82) is 0 Å². The van der Waals surface area contributed by atoms with Crippen LogP contribution in [0.25, 0.3) is 11.1 Å². The van der Waals surface area contributed by atoms with Crippen LogP contribution >= 0.6 is 0 Å². The van der Waals surface area contributed by atoms with Gasteiger partial charge in [0.05, 0.1) is 0 Å². The first kappa shape index (κ1) is 13.8. The molecular formula is C18H23N. The summed E-state index contributed by atoms with van der Waals surface area (Å²) in [5.74, 6) is 0. The van der Waals surface area contributed by atoms with Gasteiger partial charge < -0.3 is 5.73 Å². The fraction of sp³-hybridized carbons (Fsp3) is 0.333. The van der Waals surface area contributed by atoms with Gasteiger partial charge in [0, 0.05) is 6.04 Å². The van der Waals surface area contributed by atoms with Crippen molar-refractivity contribution in [3.05, 3.63) is 58.7 Å². The monoisotopic (exact) mass is 253 g/mol. The van der Waals surface area contributed by atoms with Crippen LogP contribution in [0.2, 0.25) is 0 Å². The van der Waals surface area contributed by atoms with E-state index in [1.165, 1.54) is 33.4 Å². The minimum Gasteiger partial charge on any atom is -0.324 e. The average Bonchev–Trinajstić information content (AvgIpc) is 2.42. The lowest BCUT2D eigenvalue weighted by molar-refractivity contribution is 0.699. The van der Waals surface area contributed by atoms with Crippen molar-refractivity contribution in [2.75, 3.05) is 0 Å². The molecule has 1 heteroatoms. The SMILES string of the molecule is CCC(N)c1cccc(-c2cc(C)c(C)cc2C)c1. The molecule has 0 fully saturated rings. The van der Waals surface area contributed by atoms with Crippen LogP contribution in [-0.4, -0.2) is 0 Å². The highest BCUT2D eigenvalue weighted by Crippen LogP contribution is 2.28. The lowest BCUT2D eigenvalue weighted by atomic mass is 9.93. The quantitative estimate of drug-likeness (QED) is 0.843. The largest absolute Gasteiger partial charge is 0.324 e. The second-order valence-corrected chi connectivity index (χ2v) is 5.39. The zero-order valence-corrected chi connectivity index (χ0v) is 12.3. The van der Waals surface area contributed by atoms with Gasteiger partial charge in [-0.3, -0.25) is 0 Å². The van der Waals surface area contributed by atoms with E-state index in [1.807, 2.05) is 0 Å². The lowest BCUT2D eigenvalue weighted by Crippen LogP contribution is -2.08. The lowest BCUT2D eigenvalue weighted by Gasteiger charge is -2.14. The van der Waals surface area contributed by atoms with Crippen molar-refractivity contribution in [1.82, 2.24) is 0 Å². The maximum atomic E-state index is 6.13. The molecule has 0 amide bonds. The van der Waals surface area contributed by atoms with E-state index in [4.69, 9.17) is 5.73 Å². The highest BCUT2D eigenvalue weighted by atomic mass is 14.6. The van der Waals surface area contributed by atoms with Gasteiger partial charge in [-0.15, -0.1) is 0 Å². The van der Waals surface area contributed by atoms with Crippen LogP contribution < -0.4 is 5.73 Å². The number of nitrogens with two attached hydrogens (primary N) is 1. The van der Waals surface area contributed by atoms with Gasteiger partial charge in [-0.1, -0.05) is 37.3 Å². The van der Waals surface area contributed by atoms with E-state index in [-0.39, 0.29) is 6.04 Å². The number of benzene rings is 2. The highest BCUT2D eigenvalue weighted by Gasteiger charge is 2.08. The summed E-state index contributed by atoms with van der Waals surface area (Å²) in [6.45, 7) is 8.63. The Morgan fingerprint density at radius 2 is 1.63 bits per heavy atom. The van der Waals surface area contributed by atoms with E-state index < -0.39 is 0 Å². The van der Waals surface area contributed by atoms with Crippen LogP contribution in [0.1, 0.15) is 41.6 Å². The third-order valence-electron chi connectivity index (χ3n) is 3.91. The summed E-state index contributed by atoms with van der Waals surface area (Å²) in [7, 11) is 0. The highest BCUT2D eigenvalue weighted by molar-refractivity contribution is 5.69. The molecule has 2 aromatic carbocycles. The Labute approximate surface area is 116 Å². The topological polar surface area (TPSA) is 26.0 Å². The average molecular weight is 253 g/mol. The van der Waals surface area contributed by atoms with Gasteiger partial charge in [0.15, 0.2) is 0 Å². The Morgan fingerprint density at radius 3 is 2.32 bits per heavy atom. The molecule has 0 saturated carbocycles. The first-order valence-electron chi connectivity index (χ1n) is 6.96. The molecule has 19 heavy (non-hydrogen) atoms. The van der Waals surface area contributed by atoms with Crippen molar-refractivity contribution in [3.63, 3.8) is 0 Å². The van der Waals surface area contributed by atoms with Gasteiger partial charge in [-0.2, -0.15) is 0 Å². The van der Waals surface area contributed by atoms with E-state index >= 15 is 0 Å². The normalized spacial score (nSPS) is 12.5. The van der Waals surface area contributed by atoms with Crippen LogP contribution in [-0.2, 0) is 0 Å². The first-order chi connectivity index (χ1) is 9.02. The van der Waals surface area contributed by atoms with E-state index in [0.29, 0.717) is 0 Å². The third kappa shape index (κ3) is 2.87. The maximum absolute atomic E-state index is 6.13. The van der Waals surface area contributed by atoms with Crippen molar-refractivity contribution in [2.45, 2.75) is 40.2 Å². The zero-order chi connectivity index (χ0) is 14.0. The molecule has 1 unspecified atom stereocenters. The Kier molecular flexibility index (Phi) is 4.06. The summed E-state index contributed by atoms with van der Waals surface area (Å²) in [5, 5.41) is 0. The Hall–Kier alpha value is -1.60. The van der Waals surface area contributed by atoms with Crippen molar-refractivity contribution in [3.8, 4) is 11.1 Å². The summed E-state index contributed by atoms with van der Waals surface area (Å²) in [4.78, 5) is 0. The fourth-order valence-corrected chi connectivity index (χ4v) is 2.44. The van der Waals surface area contributed by atoms with Gasteiger partial charge >= 0.3 is 0 Å². The second kappa shape index (κ2) is 5.58. The maximum Gasteiger partial charge on any atom is 0.0292 e. The van der Waals surface area contributed by atoms with E-state index in [2.05, 4.69) is 64.1 Å². The molecule has 2 N–H and O–H groups in total. The number of hydrogen-bond acceptors (Lipinski definition) is 1. The number of rotatable bonds is 3. The number of aryl methyl sites for hydroxylation is 3. The molecule has 100 valence electrons. The van der Waals surface area contributed by atoms with Crippen LogP contribution in [0.3, 0.4) is 0 Å². The van der Waals surface area contributed by atoms with Crippen LogP contribution in [0, 0.1) is 20.8 Å². The summed E-state index contributed by atoms with van der Waals surface area (Å²) >= 11 is 0. The first-order valence-corrected chi connectivity index (χ1v) is 6.96. The molecule has 0 aliphatic rings. The molecule has 0 saturated heterocycles. The Morgan fingerprint density at radius 1 is 0.947 bits per heavy atom. The molecule has 2 rings (SSSR count). The van der Waals surface area contributed by atoms with Gasteiger partial charge in [-0.25, -0.2) is 0 Å². The van der Waals surface area contributed by atoms with Crippen molar-refractivity contribution >= 4 is 0 Å². The van der Waals surface area contributed by atoms with Gasteiger partial charge in [0.2, 0.25) is 0 Å². The smallest absolute Gasteiger partial charge is 0.0292 e. The molecule has 0 aromatic heterocycles. The van der Waals surface area contributed by atoms with Crippen molar-refractivity contribution < 1.29 is 0 Å². The fourth-order valence-electron chi connectivity index (χ4n) is 2.44. The molecule has 2 aromatic rings.